The Morgan fingerprint density at radius 1 is 1.07 bits per heavy atom. The number of nitrogens with zero attached hydrogens (tertiary/aromatic N) is 2. The molecule has 0 saturated carbocycles. The molecule has 2 aromatic rings. The van der Waals surface area contributed by atoms with Crippen molar-refractivity contribution in [2.45, 2.75) is 56.3 Å². The molecule has 156 valence electrons. The quantitative estimate of drug-likeness (QED) is 0.668. The number of carbonyl (C=O) groups is 1. The number of halogens is 1. The molecule has 1 saturated heterocycles. The molecule has 1 aliphatic carbocycles. The number of thiazole rings is 1. The van der Waals surface area contributed by atoms with Gasteiger partial charge >= 0.3 is 0 Å². The van der Waals surface area contributed by atoms with Gasteiger partial charge in [0, 0.05) is 22.4 Å². The van der Waals surface area contributed by atoms with Gasteiger partial charge in [0.05, 0.1) is 16.2 Å². The molecule has 29 heavy (non-hydrogen) atoms. The molecular formula is C20H24BrN3O3S2. The van der Waals surface area contributed by atoms with Crippen LogP contribution < -0.4 is 5.32 Å². The van der Waals surface area contributed by atoms with E-state index in [2.05, 4.69) is 26.2 Å². The van der Waals surface area contributed by atoms with Crippen molar-refractivity contribution in [3.05, 3.63) is 38.8 Å². The zero-order chi connectivity index (χ0) is 20.4. The van der Waals surface area contributed by atoms with Crippen LogP contribution >= 0.6 is 27.3 Å². The SMILES string of the molecule is O=C(Nc1nc2c(s1)CCCCCC2)c1cc(S(=O)(=O)N2CCCC2)ccc1Br. The predicted octanol–water partition coefficient (Wildman–Crippen LogP) is 4.60. The second-order valence-corrected chi connectivity index (χ2v) is 11.4. The van der Waals surface area contributed by atoms with E-state index in [1.165, 1.54) is 39.4 Å². The van der Waals surface area contributed by atoms with E-state index in [1.54, 1.807) is 12.1 Å². The average Bonchev–Trinajstić information content (AvgIpc) is 3.33. The van der Waals surface area contributed by atoms with Gasteiger partial charge in [-0.05, 0) is 72.7 Å². The summed E-state index contributed by atoms with van der Waals surface area (Å²) in [6.07, 6.45) is 8.46. The molecule has 1 fully saturated rings. The van der Waals surface area contributed by atoms with E-state index in [1.807, 2.05) is 0 Å². The molecule has 4 rings (SSSR count). The van der Waals surface area contributed by atoms with Gasteiger partial charge in [-0.15, -0.1) is 11.3 Å². The monoisotopic (exact) mass is 497 g/mol. The maximum atomic E-state index is 12.9. The number of rotatable bonds is 4. The lowest BCUT2D eigenvalue weighted by Gasteiger charge is -2.16. The Kier molecular flexibility index (Phi) is 6.38. The molecule has 0 atom stereocenters. The smallest absolute Gasteiger partial charge is 0.258 e. The highest BCUT2D eigenvalue weighted by molar-refractivity contribution is 9.10. The molecule has 1 N–H and O–H groups in total. The minimum atomic E-state index is -3.58. The van der Waals surface area contributed by atoms with Crippen molar-refractivity contribution in [3.8, 4) is 0 Å². The molecule has 1 amide bonds. The predicted molar refractivity (Wildman–Crippen MR) is 118 cm³/mol. The van der Waals surface area contributed by atoms with Crippen LogP contribution in [0.5, 0.6) is 0 Å². The van der Waals surface area contributed by atoms with E-state index >= 15 is 0 Å². The molecule has 9 heteroatoms. The maximum Gasteiger partial charge on any atom is 0.258 e. The van der Waals surface area contributed by atoms with Crippen LogP contribution in [0.3, 0.4) is 0 Å². The number of fused-ring (bicyclic) bond motifs is 1. The Labute approximate surface area is 183 Å². The molecule has 2 heterocycles. The van der Waals surface area contributed by atoms with E-state index in [0.29, 0.717) is 28.3 Å². The minimum absolute atomic E-state index is 0.152. The van der Waals surface area contributed by atoms with Crippen molar-refractivity contribution in [1.82, 2.24) is 9.29 Å². The number of benzene rings is 1. The first-order valence-corrected chi connectivity index (χ1v) is 13.1. The van der Waals surface area contributed by atoms with Crippen LogP contribution in [0.2, 0.25) is 0 Å². The Balaban J connectivity index is 1.56. The fourth-order valence-corrected chi connectivity index (χ4v) is 6.86. The van der Waals surface area contributed by atoms with Gasteiger partial charge in [-0.25, -0.2) is 13.4 Å². The van der Waals surface area contributed by atoms with Crippen LogP contribution in [0.1, 0.15) is 59.5 Å². The third-order valence-electron chi connectivity index (χ3n) is 5.45. The van der Waals surface area contributed by atoms with Gasteiger partial charge in [-0.3, -0.25) is 10.1 Å². The summed E-state index contributed by atoms with van der Waals surface area (Å²) in [5.41, 5.74) is 1.39. The molecular weight excluding hydrogens is 474 g/mol. The van der Waals surface area contributed by atoms with Crippen molar-refractivity contribution < 1.29 is 13.2 Å². The third kappa shape index (κ3) is 4.57. The number of anilines is 1. The summed E-state index contributed by atoms with van der Waals surface area (Å²) < 4.78 is 27.7. The minimum Gasteiger partial charge on any atom is -0.298 e. The zero-order valence-electron chi connectivity index (χ0n) is 16.1. The van der Waals surface area contributed by atoms with Crippen molar-refractivity contribution in [1.29, 1.82) is 0 Å². The molecule has 0 radical (unpaired) electrons. The second-order valence-electron chi connectivity index (χ2n) is 7.51. The van der Waals surface area contributed by atoms with Gasteiger partial charge in [0.15, 0.2) is 5.13 Å². The second kappa shape index (κ2) is 8.83. The Hall–Kier alpha value is -1.29. The first-order chi connectivity index (χ1) is 13.9. The van der Waals surface area contributed by atoms with E-state index in [0.717, 1.165) is 44.2 Å². The van der Waals surface area contributed by atoms with E-state index in [4.69, 9.17) is 0 Å². The first-order valence-electron chi connectivity index (χ1n) is 10.0. The van der Waals surface area contributed by atoms with Gasteiger partial charge in [-0.1, -0.05) is 12.8 Å². The number of sulfonamides is 1. The maximum absolute atomic E-state index is 12.9. The van der Waals surface area contributed by atoms with Crippen molar-refractivity contribution >= 4 is 48.3 Å². The molecule has 0 unspecified atom stereocenters. The van der Waals surface area contributed by atoms with E-state index in [-0.39, 0.29) is 10.8 Å². The Morgan fingerprint density at radius 3 is 2.55 bits per heavy atom. The summed E-state index contributed by atoms with van der Waals surface area (Å²) in [6.45, 7) is 1.06. The van der Waals surface area contributed by atoms with Crippen LogP contribution in [0.25, 0.3) is 0 Å². The van der Waals surface area contributed by atoms with Crippen LogP contribution in [0.15, 0.2) is 27.6 Å². The lowest BCUT2D eigenvalue weighted by atomic mass is 10.0. The van der Waals surface area contributed by atoms with E-state index in [9.17, 15) is 13.2 Å². The largest absolute Gasteiger partial charge is 0.298 e. The van der Waals surface area contributed by atoms with Crippen molar-refractivity contribution in [3.63, 3.8) is 0 Å². The van der Waals surface area contributed by atoms with Gasteiger partial charge < -0.3 is 0 Å². The average molecular weight is 498 g/mol. The topological polar surface area (TPSA) is 79.4 Å². The van der Waals surface area contributed by atoms with Crippen molar-refractivity contribution in [2.24, 2.45) is 0 Å². The van der Waals surface area contributed by atoms with Crippen molar-refractivity contribution in [2.75, 3.05) is 18.4 Å². The molecule has 0 bridgehead atoms. The van der Waals surface area contributed by atoms with E-state index < -0.39 is 10.0 Å². The summed E-state index contributed by atoms with van der Waals surface area (Å²) in [6, 6.07) is 4.62. The molecule has 6 nitrogen and oxygen atoms in total. The van der Waals surface area contributed by atoms with Gasteiger partial charge in [0.2, 0.25) is 10.0 Å². The summed E-state index contributed by atoms with van der Waals surface area (Å²) >= 11 is 4.92. The lowest BCUT2D eigenvalue weighted by Crippen LogP contribution is -2.28. The van der Waals surface area contributed by atoms with Gasteiger partial charge in [-0.2, -0.15) is 4.31 Å². The molecule has 1 aromatic heterocycles. The number of aryl methyl sites for hydroxylation is 2. The third-order valence-corrected chi connectivity index (χ3v) is 9.11. The van der Waals surface area contributed by atoms with Crippen LogP contribution in [0, 0.1) is 0 Å². The Bertz CT molecular complexity index is 988. The van der Waals surface area contributed by atoms with Crippen LogP contribution in [-0.4, -0.2) is 36.7 Å². The highest BCUT2D eigenvalue weighted by Crippen LogP contribution is 2.30. The van der Waals surface area contributed by atoms with Gasteiger partial charge in [0.25, 0.3) is 5.91 Å². The van der Waals surface area contributed by atoms with Gasteiger partial charge in [0.1, 0.15) is 0 Å². The fourth-order valence-electron chi connectivity index (χ4n) is 3.84. The summed E-state index contributed by atoms with van der Waals surface area (Å²) in [7, 11) is -3.58. The Morgan fingerprint density at radius 2 is 1.79 bits per heavy atom. The fraction of sp³-hybridized carbons (Fsp3) is 0.500. The zero-order valence-corrected chi connectivity index (χ0v) is 19.3. The number of amides is 1. The number of nitrogens with one attached hydrogen (secondary N) is 1. The first kappa shape index (κ1) is 21.0. The highest BCUT2D eigenvalue weighted by Gasteiger charge is 2.28. The molecule has 2 aliphatic rings. The number of hydrogen-bond donors (Lipinski definition) is 1. The number of hydrogen-bond acceptors (Lipinski definition) is 5. The number of carbonyl (C=O) groups excluding carboxylic acids is 1. The van der Waals surface area contributed by atoms with Crippen LogP contribution in [-0.2, 0) is 22.9 Å². The standard InChI is InChI=1S/C20H24BrN3O3S2/c21-16-10-9-14(29(26,27)24-11-5-6-12-24)13-15(16)19(25)23-20-22-17-7-3-1-2-4-8-18(17)28-20/h9-10,13H,1-8,11-12H2,(H,22,23,25). The lowest BCUT2D eigenvalue weighted by molar-refractivity contribution is 0.102. The molecule has 0 spiro atoms. The summed E-state index contributed by atoms with van der Waals surface area (Å²) in [5, 5.41) is 3.46. The normalized spacial score (nSPS) is 18.1. The molecule has 1 aliphatic heterocycles. The number of aromatic nitrogens is 1. The van der Waals surface area contributed by atoms with Crippen LogP contribution in [0.4, 0.5) is 5.13 Å². The molecule has 1 aromatic carbocycles. The highest BCUT2D eigenvalue weighted by atomic mass is 79.9. The summed E-state index contributed by atoms with van der Waals surface area (Å²) in [4.78, 5) is 18.9. The summed E-state index contributed by atoms with van der Waals surface area (Å²) in [5.74, 6) is -0.350.